The molecular formula is C13H9BrN6. The zero-order valence-corrected chi connectivity index (χ0v) is 11.8. The molecule has 0 bridgehead atoms. The number of anilines is 1. The first kappa shape index (κ1) is 12.6. The number of rotatable bonds is 2. The van der Waals surface area contributed by atoms with Crippen molar-refractivity contribution in [3.05, 3.63) is 48.0 Å². The van der Waals surface area contributed by atoms with E-state index in [9.17, 15) is 0 Å². The van der Waals surface area contributed by atoms with Crippen LogP contribution in [0.5, 0.6) is 0 Å². The normalized spacial score (nSPS) is 10.4. The highest BCUT2D eigenvalue weighted by molar-refractivity contribution is 9.10. The van der Waals surface area contributed by atoms with Gasteiger partial charge in [-0.15, -0.1) is 0 Å². The molecule has 0 aliphatic carbocycles. The van der Waals surface area contributed by atoms with Crippen LogP contribution in [0.25, 0.3) is 22.5 Å². The van der Waals surface area contributed by atoms with Crippen molar-refractivity contribution in [3.63, 3.8) is 0 Å². The number of nitrogens with two attached hydrogens (primary N) is 1. The van der Waals surface area contributed by atoms with E-state index < -0.39 is 0 Å². The molecule has 0 unspecified atom stereocenters. The molecule has 20 heavy (non-hydrogen) atoms. The van der Waals surface area contributed by atoms with Crippen molar-refractivity contribution in [3.8, 4) is 22.5 Å². The Morgan fingerprint density at radius 3 is 2.00 bits per heavy atom. The van der Waals surface area contributed by atoms with Gasteiger partial charge in [-0.25, -0.2) is 24.9 Å². The van der Waals surface area contributed by atoms with Gasteiger partial charge < -0.3 is 5.73 Å². The molecule has 6 nitrogen and oxygen atoms in total. The Labute approximate surface area is 123 Å². The molecule has 3 aromatic heterocycles. The van der Waals surface area contributed by atoms with Crippen molar-refractivity contribution < 1.29 is 0 Å². The van der Waals surface area contributed by atoms with Crippen LogP contribution < -0.4 is 5.73 Å². The Morgan fingerprint density at radius 2 is 1.40 bits per heavy atom. The van der Waals surface area contributed by atoms with Crippen molar-refractivity contribution in [2.45, 2.75) is 0 Å². The summed E-state index contributed by atoms with van der Waals surface area (Å²) in [5.41, 5.74) is 9.57. The Bertz CT molecular complexity index is 733. The molecular weight excluding hydrogens is 320 g/mol. The van der Waals surface area contributed by atoms with Crippen LogP contribution in [0, 0.1) is 0 Å². The fourth-order valence-corrected chi connectivity index (χ4v) is 2.17. The molecule has 0 spiro atoms. The van der Waals surface area contributed by atoms with E-state index in [0.717, 1.165) is 11.1 Å². The Kier molecular flexibility index (Phi) is 3.34. The first-order valence-electron chi connectivity index (χ1n) is 5.72. The van der Waals surface area contributed by atoms with Crippen LogP contribution in [-0.4, -0.2) is 24.9 Å². The minimum Gasteiger partial charge on any atom is -0.398 e. The third-order valence-corrected chi connectivity index (χ3v) is 3.51. The van der Waals surface area contributed by atoms with Crippen molar-refractivity contribution in [2.75, 3.05) is 5.73 Å². The smallest absolute Gasteiger partial charge is 0.115 e. The summed E-state index contributed by atoms with van der Waals surface area (Å²) in [5.74, 6) is 0. The lowest BCUT2D eigenvalue weighted by atomic mass is 10.1. The molecule has 0 amide bonds. The van der Waals surface area contributed by atoms with Crippen molar-refractivity contribution in [1.29, 1.82) is 0 Å². The monoisotopic (exact) mass is 328 g/mol. The minimum atomic E-state index is 0.581. The summed E-state index contributed by atoms with van der Waals surface area (Å²) >= 11 is 3.45. The molecule has 0 saturated heterocycles. The summed E-state index contributed by atoms with van der Waals surface area (Å²) in [4.78, 5) is 20.6. The third-order valence-electron chi connectivity index (χ3n) is 2.68. The number of hydrogen-bond acceptors (Lipinski definition) is 6. The van der Waals surface area contributed by atoms with E-state index in [1.54, 1.807) is 30.9 Å². The second-order valence-corrected chi connectivity index (χ2v) is 4.81. The van der Waals surface area contributed by atoms with Crippen LogP contribution in [0.3, 0.4) is 0 Å². The van der Waals surface area contributed by atoms with Gasteiger partial charge in [-0.2, -0.15) is 0 Å². The van der Waals surface area contributed by atoms with E-state index in [1.165, 1.54) is 12.7 Å². The molecule has 0 saturated carbocycles. The summed E-state index contributed by atoms with van der Waals surface area (Å²) in [6.07, 6.45) is 9.69. The van der Waals surface area contributed by atoms with Crippen molar-refractivity contribution in [1.82, 2.24) is 24.9 Å². The van der Waals surface area contributed by atoms with Crippen LogP contribution in [0.4, 0.5) is 5.69 Å². The SMILES string of the molecule is Nc1cc(-c2cncnc2)nc(-c2cncnc2)c1Br. The summed E-state index contributed by atoms with van der Waals surface area (Å²) in [6, 6.07) is 1.77. The largest absolute Gasteiger partial charge is 0.398 e. The van der Waals surface area contributed by atoms with Crippen molar-refractivity contribution >= 4 is 21.6 Å². The van der Waals surface area contributed by atoms with Gasteiger partial charge in [-0.1, -0.05) is 0 Å². The van der Waals surface area contributed by atoms with Gasteiger partial charge in [0.15, 0.2) is 0 Å². The zero-order chi connectivity index (χ0) is 13.9. The van der Waals surface area contributed by atoms with Gasteiger partial charge in [0.2, 0.25) is 0 Å². The molecule has 0 radical (unpaired) electrons. The Balaban J connectivity index is 2.19. The molecule has 3 aromatic rings. The van der Waals surface area contributed by atoms with Crippen LogP contribution in [-0.2, 0) is 0 Å². The topological polar surface area (TPSA) is 90.5 Å². The fourth-order valence-electron chi connectivity index (χ4n) is 1.74. The number of nitrogens with zero attached hydrogens (tertiary/aromatic N) is 5. The summed E-state index contributed by atoms with van der Waals surface area (Å²) in [5, 5.41) is 0. The Hall–Kier alpha value is -2.41. The molecule has 0 fully saturated rings. The van der Waals surface area contributed by atoms with Gasteiger partial charge in [0.05, 0.1) is 21.5 Å². The quantitative estimate of drug-likeness (QED) is 0.776. The average molecular weight is 329 g/mol. The van der Waals surface area contributed by atoms with Crippen molar-refractivity contribution in [2.24, 2.45) is 0 Å². The van der Waals surface area contributed by atoms with E-state index in [2.05, 4.69) is 40.8 Å². The van der Waals surface area contributed by atoms with Crippen LogP contribution in [0.15, 0.2) is 48.0 Å². The summed E-state index contributed by atoms with van der Waals surface area (Å²) in [6.45, 7) is 0. The van der Waals surface area contributed by atoms with E-state index in [4.69, 9.17) is 5.73 Å². The van der Waals surface area contributed by atoms with E-state index in [0.29, 0.717) is 21.5 Å². The number of pyridine rings is 1. The van der Waals surface area contributed by atoms with Crippen LogP contribution >= 0.6 is 15.9 Å². The van der Waals surface area contributed by atoms with E-state index in [1.807, 2.05) is 0 Å². The van der Waals surface area contributed by atoms with E-state index >= 15 is 0 Å². The molecule has 98 valence electrons. The maximum Gasteiger partial charge on any atom is 0.115 e. The predicted octanol–water partition coefficient (Wildman–Crippen LogP) is 2.34. The second kappa shape index (κ2) is 5.30. The zero-order valence-electron chi connectivity index (χ0n) is 10.2. The summed E-state index contributed by atoms with van der Waals surface area (Å²) < 4.78 is 0.716. The van der Waals surface area contributed by atoms with Gasteiger partial charge >= 0.3 is 0 Å². The maximum absolute atomic E-state index is 6.03. The summed E-state index contributed by atoms with van der Waals surface area (Å²) in [7, 11) is 0. The van der Waals surface area contributed by atoms with Gasteiger partial charge in [-0.3, -0.25) is 0 Å². The third kappa shape index (κ3) is 2.35. The molecule has 3 heterocycles. The second-order valence-electron chi connectivity index (χ2n) is 4.01. The fraction of sp³-hybridized carbons (Fsp3) is 0. The van der Waals surface area contributed by atoms with Gasteiger partial charge in [-0.05, 0) is 22.0 Å². The highest BCUT2D eigenvalue weighted by atomic mass is 79.9. The maximum atomic E-state index is 6.03. The highest BCUT2D eigenvalue weighted by Crippen LogP contribution is 2.33. The van der Waals surface area contributed by atoms with Gasteiger partial charge in [0, 0.05) is 35.9 Å². The van der Waals surface area contributed by atoms with Crippen LogP contribution in [0.1, 0.15) is 0 Å². The van der Waals surface area contributed by atoms with Crippen LogP contribution in [0.2, 0.25) is 0 Å². The molecule has 0 aliphatic heterocycles. The first-order valence-corrected chi connectivity index (χ1v) is 6.52. The minimum absolute atomic E-state index is 0.581. The number of halogens is 1. The molecule has 0 aliphatic rings. The predicted molar refractivity (Wildman–Crippen MR) is 78.4 cm³/mol. The lowest BCUT2D eigenvalue weighted by molar-refractivity contribution is 1.14. The van der Waals surface area contributed by atoms with Gasteiger partial charge in [0.1, 0.15) is 12.7 Å². The number of hydrogen-bond donors (Lipinski definition) is 1. The van der Waals surface area contributed by atoms with E-state index in [-0.39, 0.29) is 0 Å². The molecule has 7 heteroatoms. The number of aromatic nitrogens is 5. The number of nitrogen functional groups attached to an aromatic ring is 1. The highest BCUT2D eigenvalue weighted by Gasteiger charge is 2.12. The molecule has 0 atom stereocenters. The standard InChI is InChI=1S/C13H9BrN6/c14-12-10(15)1-11(8-2-16-6-17-3-8)20-13(12)9-4-18-7-19-5-9/h1-7H,(H2,15,20). The molecule has 3 rings (SSSR count). The Morgan fingerprint density at radius 1 is 0.850 bits per heavy atom. The lowest BCUT2D eigenvalue weighted by Crippen LogP contribution is -1.97. The van der Waals surface area contributed by atoms with Gasteiger partial charge in [0.25, 0.3) is 0 Å². The molecule has 2 N–H and O–H groups in total. The average Bonchev–Trinajstić information content (AvgIpc) is 2.51. The first-order chi connectivity index (χ1) is 9.75. The molecule has 0 aromatic carbocycles. The lowest BCUT2D eigenvalue weighted by Gasteiger charge is -2.09.